The Morgan fingerprint density at radius 3 is 2.00 bits per heavy atom. The lowest BCUT2D eigenvalue weighted by Gasteiger charge is -2.40. The number of nitrogens with zero attached hydrogens (tertiary/aromatic N) is 2. The van der Waals surface area contributed by atoms with Gasteiger partial charge in [-0.25, -0.2) is 0 Å². The minimum atomic E-state index is -0.306. The van der Waals surface area contributed by atoms with Crippen LogP contribution in [-0.4, -0.2) is 54.4 Å². The van der Waals surface area contributed by atoms with Gasteiger partial charge in [0.15, 0.2) is 6.61 Å². The summed E-state index contributed by atoms with van der Waals surface area (Å²) < 4.78 is 5.76. The molecule has 204 valence electrons. The van der Waals surface area contributed by atoms with E-state index in [1.807, 2.05) is 61.2 Å². The third-order valence-corrected chi connectivity index (χ3v) is 7.54. The minimum Gasteiger partial charge on any atom is -0.483 e. The van der Waals surface area contributed by atoms with Crippen molar-refractivity contribution in [2.45, 2.75) is 19.9 Å². The smallest absolute Gasteiger partial charge is 0.262 e. The fourth-order valence-corrected chi connectivity index (χ4v) is 5.23. The zero-order valence-electron chi connectivity index (χ0n) is 23.0. The number of aryl methyl sites for hydroxylation is 1. The average Bonchev–Trinajstić information content (AvgIpc) is 2.99. The molecule has 1 heterocycles. The number of carbonyl (C=O) groups is 2. The van der Waals surface area contributed by atoms with Gasteiger partial charge >= 0.3 is 0 Å². The molecule has 1 N–H and O–H groups in total. The largest absolute Gasteiger partial charge is 0.483 e. The van der Waals surface area contributed by atoms with E-state index < -0.39 is 0 Å². The van der Waals surface area contributed by atoms with Gasteiger partial charge in [-0.1, -0.05) is 84.9 Å². The molecule has 4 aromatic rings. The third kappa shape index (κ3) is 6.24. The van der Waals surface area contributed by atoms with Crippen molar-refractivity contribution in [3.05, 3.63) is 131 Å². The lowest BCUT2D eigenvalue weighted by Crippen LogP contribution is -2.50. The van der Waals surface area contributed by atoms with Gasteiger partial charge in [0.25, 0.3) is 11.8 Å². The molecule has 0 atom stereocenters. The Bertz CT molecular complexity index is 1410. The Kier molecular flexibility index (Phi) is 8.57. The summed E-state index contributed by atoms with van der Waals surface area (Å²) in [6.07, 6.45) is 0. The molecule has 0 unspecified atom stereocenters. The van der Waals surface area contributed by atoms with Crippen LogP contribution in [0, 0.1) is 13.8 Å². The van der Waals surface area contributed by atoms with Crippen molar-refractivity contribution in [1.82, 2.24) is 9.80 Å². The van der Waals surface area contributed by atoms with Gasteiger partial charge in [-0.05, 0) is 54.3 Å². The number of hydrogen-bond donors (Lipinski definition) is 1. The Labute approximate surface area is 236 Å². The molecular weight excluding hydrogens is 498 g/mol. The van der Waals surface area contributed by atoms with Gasteiger partial charge in [0.2, 0.25) is 0 Å². The zero-order chi connectivity index (χ0) is 27.9. The fraction of sp³-hybridized carbons (Fsp3) is 0.235. The van der Waals surface area contributed by atoms with Crippen molar-refractivity contribution in [3.63, 3.8) is 0 Å². The lowest BCUT2D eigenvalue weighted by atomic mass is 9.96. The van der Waals surface area contributed by atoms with E-state index in [1.54, 1.807) is 12.1 Å². The van der Waals surface area contributed by atoms with Crippen LogP contribution in [0.3, 0.4) is 0 Å². The van der Waals surface area contributed by atoms with Crippen LogP contribution in [0.1, 0.15) is 38.7 Å². The average molecular weight is 534 g/mol. The van der Waals surface area contributed by atoms with E-state index in [1.165, 1.54) is 11.1 Å². The normalized spacial score (nSPS) is 13.7. The van der Waals surface area contributed by atoms with Crippen molar-refractivity contribution in [1.29, 1.82) is 0 Å². The Balaban J connectivity index is 1.24. The van der Waals surface area contributed by atoms with Crippen molar-refractivity contribution in [3.8, 4) is 5.75 Å². The summed E-state index contributed by atoms with van der Waals surface area (Å²) in [5, 5.41) is 2.88. The van der Waals surface area contributed by atoms with Crippen LogP contribution in [0.5, 0.6) is 5.75 Å². The lowest BCUT2D eigenvalue weighted by molar-refractivity contribution is -0.118. The first-order chi connectivity index (χ1) is 19.5. The quantitative estimate of drug-likeness (QED) is 0.308. The summed E-state index contributed by atoms with van der Waals surface area (Å²) in [4.78, 5) is 30.7. The highest BCUT2D eigenvalue weighted by Gasteiger charge is 2.29. The van der Waals surface area contributed by atoms with Crippen LogP contribution >= 0.6 is 0 Å². The maximum absolute atomic E-state index is 13.6. The van der Waals surface area contributed by atoms with Gasteiger partial charge in [0, 0.05) is 26.2 Å². The highest BCUT2D eigenvalue weighted by Crippen LogP contribution is 2.30. The number of hydrogen-bond acceptors (Lipinski definition) is 4. The number of ether oxygens (including phenoxy) is 1. The van der Waals surface area contributed by atoms with Gasteiger partial charge in [0.05, 0.1) is 17.3 Å². The van der Waals surface area contributed by atoms with E-state index in [4.69, 9.17) is 4.74 Å². The monoisotopic (exact) mass is 533 g/mol. The molecule has 6 heteroatoms. The van der Waals surface area contributed by atoms with Gasteiger partial charge < -0.3 is 15.0 Å². The van der Waals surface area contributed by atoms with Crippen LogP contribution in [0.4, 0.5) is 5.69 Å². The first-order valence-corrected chi connectivity index (χ1v) is 13.7. The first-order valence-electron chi connectivity index (χ1n) is 13.7. The second-order valence-electron chi connectivity index (χ2n) is 10.1. The molecule has 4 aromatic carbocycles. The molecule has 0 bridgehead atoms. The number of benzene rings is 4. The van der Waals surface area contributed by atoms with Crippen LogP contribution in [0.2, 0.25) is 0 Å². The van der Waals surface area contributed by atoms with Crippen molar-refractivity contribution in [2.75, 3.05) is 38.1 Å². The van der Waals surface area contributed by atoms with E-state index in [0.717, 1.165) is 24.2 Å². The summed E-state index contributed by atoms with van der Waals surface area (Å²) in [6, 6.07) is 34.1. The molecule has 0 aliphatic carbocycles. The molecule has 1 fully saturated rings. The van der Waals surface area contributed by atoms with Crippen molar-refractivity contribution in [2.24, 2.45) is 0 Å². The highest BCUT2D eigenvalue weighted by molar-refractivity contribution is 6.04. The predicted octanol–water partition coefficient (Wildman–Crippen LogP) is 5.87. The highest BCUT2D eigenvalue weighted by atomic mass is 16.5. The predicted molar refractivity (Wildman–Crippen MR) is 159 cm³/mol. The molecule has 1 aliphatic heterocycles. The maximum Gasteiger partial charge on any atom is 0.262 e. The summed E-state index contributed by atoms with van der Waals surface area (Å²) in [5.74, 6) is 0.295. The van der Waals surface area contributed by atoms with Crippen molar-refractivity contribution >= 4 is 17.5 Å². The molecular formula is C34H35N3O3. The van der Waals surface area contributed by atoms with Gasteiger partial charge in [-0.15, -0.1) is 0 Å². The number of rotatable bonds is 8. The SMILES string of the molecule is Cc1cccc(OCC(=O)Nc2ccccc2C(=O)N2CCN(C(c3ccccc3)c3ccccc3)CC2)c1C. The minimum absolute atomic E-state index is 0.0815. The Morgan fingerprint density at radius 1 is 0.750 bits per heavy atom. The number of para-hydroxylation sites is 1. The van der Waals surface area contributed by atoms with Crippen LogP contribution in [0.25, 0.3) is 0 Å². The van der Waals surface area contributed by atoms with E-state index >= 15 is 0 Å². The standard InChI is InChI=1S/C34H35N3O3/c1-25-12-11-19-31(26(25)2)40-24-32(38)35-30-18-10-9-17-29(30)34(39)37-22-20-36(21-23-37)33(27-13-5-3-6-14-27)28-15-7-4-8-16-28/h3-19,33H,20-24H2,1-2H3,(H,35,38). The fourth-order valence-electron chi connectivity index (χ4n) is 5.23. The molecule has 40 heavy (non-hydrogen) atoms. The van der Waals surface area contributed by atoms with Gasteiger partial charge in [-0.3, -0.25) is 14.5 Å². The van der Waals surface area contributed by atoms with Crippen LogP contribution in [-0.2, 0) is 4.79 Å². The van der Waals surface area contributed by atoms with E-state index in [0.29, 0.717) is 30.1 Å². The molecule has 1 saturated heterocycles. The van der Waals surface area contributed by atoms with E-state index in [2.05, 4.69) is 58.7 Å². The molecule has 1 aliphatic rings. The third-order valence-electron chi connectivity index (χ3n) is 7.54. The molecule has 6 nitrogen and oxygen atoms in total. The number of nitrogens with one attached hydrogen (secondary N) is 1. The first kappa shape index (κ1) is 27.2. The second kappa shape index (κ2) is 12.6. The van der Waals surface area contributed by atoms with Crippen molar-refractivity contribution < 1.29 is 14.3 Å². The summed E-state index contributed by atoms with van der Waals surface area (Å²) in [5.41, 5.74) is 5.57. The molecule has 2 amide bonds. The Morgan fingerprint density at radius 2 is 1.35 bits per heavy atom. The molecule has 0 aromatic heterocycles. The van der Waals surface area contributed by atoms with Gasteiger partial charge in [-0.2, -0.15) is 0 Å². The zero-order valence-corrected chi connectivity index (χ0v) is 23.0. The summed E-state index contributed by atoms with van der Waals surface area (Å²) >= 11 is 0. The van der Waals surface area contributed by atoms with E-state index in [-0.39, 0.29) is 24.5 Å². The van der Waals surface area contributed by atoms with Crippen LogP contribution in [0.15, 0.2) is 103 Å². The number of amides is 2. The molecule has 5 rings (SSSR count). The van der Waals surface area contributed by atoms with Gasteiger partial charge in [0.1, 0.15) is 5.75 Å². The van der Waals surface area contributed by atoms with Crippen LogP contribution < -0.4 is 10.1 Å². The number of anilines is 1. The molecule has 0 saturated carbocycles. The summed E-state index contributed by atoms with van der Waals surface area (Å²) in [6.45, 7) is 6.55. The van der Waals surface area contributed by atoms with E-state index in [9.17, 15) is 9.59 Å². The molecule has 0 spiro atoms. The number of piperazine rings is 1. The maximum atomic E-state index is 13.6. The second-order valence-corrected chi connectivity index (χ2v) is 10.1. The number of carbonyl (C=O) groups excluding carboxylic acids is 2. The topological polar surface area (TPSA) is 61.9 Å². The Hall–Kier alpha value is -4.42. The summed E-state index contributed by atoms with van der Waals surface area (Å²) in [7, 11) is 0. The molecule has 0 radical (unpaired) electrons.